The molecule has 0 N–H and O–H groups in total. The standard InChI is InChI=1S/C10H7FNS/c11-10-4-2-1-3-8(10)5-9-6-12-7-13-9/h1-7H. The molecule has 0 aliphatic heterocycles. The SMILES string of the molecule is Fc1ccccc1[CH]c1cncs1. The van der Waals surface area contributed by atoms with Gasteiger partial charge in [0.2, 0.25) is 0 Å². The second kappa shape index (κ2) is 3.66. The monoisotopic (exact) mass is 192 g/mol. The summed E-state index contributed by atoms with van der Waals surface area (Å²) in [6.45, 7) is 0. The second-order valence-electron chi connectivity index (χ2n) is 2.57. The van der Waals surface area contributed by atoms with Gasteiger partial charge >= 0.3 is 0 Å². The zero-order chi connectivity index (χ0) is 9.10. The first kappa shape index (κ1) is 8.38. The minimum Gasteiger partial charge on any atom is -0.253 e. The molecule has 65 valence electrons. The first-order chi connectivity index (χ1) is 6.36. The molecule has 1 nitrogen and oxygen atoms in total. The van der Waals surface area contributed by atoms with Crippen molar-refractivity contribution in [1.29, 1.82) is 0 Å². The van der Waals surface area contributed by atoms with Crippen LogP contribution in [0.5, 0.6) is 0 Å². The summed E-state index contributed by atoms with van der Waals surface area (Å²) in [6.07, 6.45) is 3.50. The van der Waals surface area contributed by atoms with Gasteiger partial charge in [-0.2, -0.15) is 0 Å². The van der Waals surface area contributed by atoms with E-state index in [1.54, 1.807) is 30.3 Å². The van der Waals surface area contributed by atoms with Gasteiger partial charge in [-0.25, -0.2) is 4.39 Å². The molecule has 0 amide bonds. The second-order valence-corrected chi connectivity index (χ2v) is 3.49. The molecule has 0 fully saturated rings. The van der Waals surface area contributed by atoms with Gasteiger partial charge in [0.05, 0.1) is 5.51 Å². The van der Waals surface area contributed by atoms with E-state index >= 15 is 0 Å². The summed E-state index contributed by atoms with van der Waals surface area (Å²) < 4.78 is 13.1. The number of hydrogen-bond acceptors (Lipinski definition) is 2. The highest BCUT2D eigenvalue weighted by atomic mass is 32.1. The summed E-state index contributed by atoms with van der Waals surface area (Å²) in [7, 11) is 0. The lowest BCUT2D eigenvalue weighted by Crippen LogP contribution is -1.86. The molecule has 0 atom stereocenters. The van der Waals surface area contributed by atoms with Crippen molar-refractivity contribution in [3.8, 4) is 0 Å². The number of rotatable bonds is 2. The number of hydrogen-bond donors (Lipinski definition) is 0. The third kappa shape index (κ3) is 1.92. The van der Waals surface area contributed by atoms with E-state index in [1.165, 1.54) is 17.4 Å². The topological polar surface area (TPSA) is 12.9 Å². The lowest BCUT2D eigenvalue weighted by atomic mass is 10.1. The summed E-state index contributed by atoms with van der Waals surface area (Å²) in [4.78, 5) is 4.88. The van der Waals surface area contributed by atoms with Crippen LogP contribution in [0.1, 0.15) is 10.4 Å². The smallest absolute Gasteiger partial charge is 0.127 e. The van der Waals surface area contributed by atoms with Crippen LogP contribution in [0.3, 0.4) is 0 Å². The maximum Gasteiger partial charge on any atom is 0.127 e. The average molecular weight is 192 g/mol. The van der Waals surface area contributed by atoms with Gasteiger partial charge < -0.3 is 0 Å². The molecule has 1 aromatic heterocycles. The highest BCUT2D eigenvalue weighted by Crippen LogP contribution is 2.17. The molecule has 3 heteroatoms. The van der Waals surface area contributed by atoms with Crippen molar-refractivity contribution in [3.63, 3.8) is 0 Å². The first-order valence-corrected chi connectivity index (χ1v) is 4.72. The molecule has 1 radical (unpaired) electrons. The third-order valence-electron chi connectivity index (χ3n) is 1.65. The van der Waals surface area contributed by atoms with Crippen molar-refractivity contribution < 1.29 is 4.39 Å². The quantitative estimate of drug-likeness (QED) is 0.713. The molecule has 13 heavy (non-hydrogen) atoms. The molecule has 2 aromatic rings. The summed E-state index contributed by atoms with van der Waals surface area (Å²) in [6, 6.07) is 6.69. The highest BCUT2D eigenvalue weighted by molar-refractivity contribution is 7.09. The largest absolute Gasteiger partial charge is 0.253 e. The molecule has 0 spiro atoms. The molecule has 0 saturated carbocycles. The molecule has 1 heterocycles. The van der Waals surface area contributed by atoms with Gasteiger partial charge in [-0.15, -0.1) is 11.3 Å². The van der Waals surface area contributed by atoms with Gasteiger partial charge in [0, 0.05) is 17.5 Å². The Morgan fingerprint density at radius 2 is 2.15 bits per heavy atom. The zero-order valence-electron chi connectivity index (χ0n) is 6.77. The van der Waals surface area contributed by atoms with Crippen molar-refractivity contribution in [2.45, 2.75) is 0 Å². The fourth-order valence-corrected chi connectivity index (χ4v) is 1.60. The molecular formula is C10H7FNS. The van der Waals surface area contributed by atoms with Crippen molar-refractivity contribution in [2.75, 3.05) is 0 Å². The van der Waals surface area contributed by atoms with Gasteiger partial charge in [0.1, 0.15) is 5.82 Å². The summed E-state index contributed by atoms with van der Waals surface area (Å²) >= 11 is 1.49. The van der Waals surface area contributed by atoms with E-state index in [0.717, 1.165) is 4.88 Å². The van der Waals surface area contributed by atoms with E-state index in [-0.39, 0.29) is 5.82 Å². The lowest BCUT2D eigenvalue weighted by molar-refractivity contribution is 0.621. The Hall–Kier alpha value is -1.22. The van der Waals surface area contributed by atoms with E-state index in [0.29, 0.717) is 5.56 Å². The molecule has 1 aromatic carbocycles. The van der Waals surface area contributed by atoms with E-state index in [9.17, 15) is 4.39 Å². The molecule has 0 aliphatic carbocycles. The molecule has 2 rings (SSSR count). The van der Waals surface area contributed by atoms with Crippen LogP contribution in [0.15, 0.2) is 36.0 Å². The van der Waals surface area contributed by atoms with Crippen LogP contribution in [0.25, 0.3) is 0 Å². The summed E-state index contributed by atoms with van der Waals surface area (Å²) in [5, 5.41) is 0. The maximum absolute atomic E-state index is 13.1. The Labute approximate surface area is 79.9 Å². The van der Waals surface area contributed by atoms with Crippen LogP contribution in [0.2, 0.25) is 0 Å². The molecule has 0 aliphatic rings. The van der Waals surface area contributed by atoms with Crippen LogP contribution in [-0.4, -0.2) is 4.98 Å². The van der Waals surface area contributed by atoms with Gasteiger partial charge in [-0.3, -0.25) is 4.98 Å². The number of nitrogens with zero attached hydrogens (tertiary/aromatic N) is 1. The Morgan fingerprint density at radius 1 is 1.31 bits per heavy atom. The van der Waals surface area contributed by atoms with E-state index in [1.807, 2.05) is 6.07 Å². The Balaban J connectivity index is 2.24. The molecule has 0 bridgehead atoms. The van der Waals surface area contributed by atoms with E-state index in [4.69, 9.17) is 0 Å². The van der Waals surface area contributed by atoms with Crippen molar-refractivity contribution >= 4 is 11.3 Å². The Bertz CT molecular complexity index is 384. The normalized spacial score (nSPS) is 10.2. The van der Waals surface area contributed by atoms with Gasteiger partial charge in [0.25, 0.3) is 0 Å². The minimum absolute atomic E-state index is 0.198. The number of thiazole rings is 1. The van der Waals surface area contributed by atoms with Crippen LogP contribution in [0.4, 0.5) is 4.39 Å². The van der Waals surface area contributed by atoms with Crippen LogP contribution in [0, 0.1) is 12.2 Å². The fourth-order valence-electron chi connectivity index (χ4n) is 1.04. The van der Waals surface area contributed by atoms with Crippen LogP contribution < -0.4 is 0 Å². The fraction of sp³-hybridized carbons (Fsp3) is 0. The number of aromatic nitrogens is 1. The number of halogens is 1. The minimum atomic E-state index is -0.198. The van der Waals surface area contributed by atoms with Crippen molar-refractivity contribution in [1.82, 2.24) is 4.98 Å². The molecule has 0 saturated heterocycles. The lowest BCUT2D eigenvalue weighted by Gasteiger charge is -1.98. The predicted octanol–water partition coefficient (Wildman–Crippen LogP) is 2.88. The van der Waals surface area contributed by atoms with Crippen LogP contribution in [-0.2, 0) is 0 Å². The van der Waals surface area contributed by atoms with Crippen molar-refractivity contribution in [3.05, 3.63) is 58.7 Å². The van der Waals surface area contributed by atoms with Gasteiger partial charge in [-0.1, -0.05) is 18.2 Å². The predicted molar refractivity (Wildman–Crippen MR) is 51.0 cm³/mol. The van der Waals surface area contributed by atoms with E-state index in [2.05, 4.69) is 4.98 Å². The van der Waals surface area contributed by atoms with Crippen molar-refractivity contribution in [2.24, 2.45) is 0 Å². The Kier molecular flexibility index (Phi) is 2.36. The molecule has 0 unspecified atom stereocenters. The highest BCUT2D eigenvalue weighted by Gasteiger charge is 2.02. The Morgan fingerprint density at radius 3 is 2.85 bits per heavy atom. The number of benzene rings is 1. The third-order valence-corrected chi connectivity index (χ3v) is 2.38. The average Bonchev–Trinajstić information content (AvgIpc) is 2.61. The van der Waals surface area contributed by atoms with Gasteiger partial charge in [0.15, 0.2) is 0 Å². The zero-order valence-corrected chi connectivity index (χ0v) is 7.59. The summed E-state index contributed by atoms with van der Waals surface area (Å²) in [5.41, 5.74) is 2.33. The van der Waals surface area contributed by atoms with E-state index < -0.39 is 0 Å². The van der Waals surface area contributed by atoms with Crippen LogP contribution >= 0.6 is 11.3 Å². The van der Waals surface area contributed by atoms with Gasteiger partial charge in [-0.05, 0) is 11.6 Å². The molecular weight excluding hydrogens is 185 g/mol. The maximum atomic E-state index is 13.1. The summed E-state index contributed by atoms with van der Waals surface area (Å²) in [5.74, 6) is -0.198. The first-order valence-electron chi connectivity index (χ1n) is 3.84.